The number of hydrogen-bond donors (Lipinski definition) is 1. The molecule has 0 saturated heterocycles. The van der Waals surface area contributed by atoms with Crippen LogP contribution in [0.4, 0.5) is 0 Å². The highest BCUT2D eigenvalue weighted by Gasteiger charge is 2.20. The Bertz CT molecular complexity index is 397. The van der Waals surface area contributed by atoms with Crippen molar-refractivity contribution in [3.8, 4) is 0 Å². The zero-order chi connectivity index (χ0) is 13.7. The third kappa shape index (κ3) is 3.31. The Morgan fingerprint density at radius 3 is 2.79 bits per heavy atom. The topological polar surface area (TPSA) is 47.0 Å². The SMILES string of the molecule is CCCC(OCC)c1nc(CC)c2c(n1)CCNC2. The summed E-state index contributed by atoms with van der Waals surface area (Å²) in [6.07, 6.45) is 4.11. The minimum atomic E-state index is 0.0560. The lowest BCUT2D eigenvalue weighted by Crippen LogP contribution is -2.27. The van der Waals surface area contributed by atoms with Crippen molar-refractivity contribution in [1.29, 1.82) is 0 Å². The molecule has 2 heterocycles. The van der Waals surface area contributed by atoms with Gasteiger partial charge in [0.1, 0.15) is 6.10 Å². The molecule has 2 rings (SSSR count). The van der Waals surface area contributed by atoms with Crippen LogP contribution in [-0.2, 0) is 24.1 Å². The molecule has 0 aromatic carbocycles. The molecule has 0 radical (unpaired) electrons. The van der Waals surface area contributed by atoms with Crippen molar-refractivity contribution in [3.63, 3.8) is 0 Å². The standard InChI is InChI=1S/C15H25N3O/c1-4-7-14(19-6-3)15-17-12(5-2)11-10-16-9-8-13(11)18-15/h14,16H,4-10H2,1-3H3. The highest BCUT2D eigenvalue weighted by molar-refractivity contribution is 5.28. The minimum absolute atomic E-state index is 0.0560. The molecule has 106 valence electrons. The Balaban J connectivity index is 2.34. The van der Waals surface area contributed by atoms with Crippen LogP contribution in [0.3, 0.4) is 0 Å². The highest BCUT2D eigenvalue weighted by atomic mass is 16.5. The van der Waals surface area contributed by atoms with Gasteiger partial charge in [0.05, 0.1) is 5.69 Å². The highest BCUT2D eigenvalue weighted by Crippen LogP contribution is 2.23. The second kappa shape index (κ2) is 6.96. The lowest BCUT2D eigenvalue weighted by atomic mass is 10.0. The fourth-order valence-electron chi connectivity index (χ4n) is 2.62. The van der Waals surface area contributed by atoms with Gasteiger partial charge in [-0.2, -0.15) is 0 Å². The van der Waals surface area contributed by atoms with Crippen LogP contribution < -0.4 is 5.32 Å². The third-order valence-corrected chi connectivity index (χ3v) is 3.58. The first-order valence-electron chi connectivity index (χ1n) is 7.50. The molecule has 1 atom stereocenters. The molecule has 1 aliphatic rings. The van der Waals surface area contributed by atoms with Crippen LogP contribution >= 0.6 is 0 Å². The van der Waals surface area contributed by atoms with E-state index in [0.29, 0.717) is 6.61 Å². The molecule has 0 bridgehead atoms. The number of aryl methyl sites for hydroxylation is 1. The van der Waals surface area contributed by atoms with Crippen LogP contribution in [0.5, 0.6) is 0 Å². The number of aromatic nitrogens is 2. The number of hydrogen-bond acceptors (Lipinski definition) is 4. The van der Waals surface area contributed by atoms with Crippen molar-refractivity contribution in [1.82, 2.24) is 15.3 Å². The van der Waals surface area contributed by atoms with Gasteiger partial charge in [-0.25, -0.2) is 9.97 Å². The van der Waals surface area contributed by atoms with Crippen molar-refractivity contribution in [2.75, 3.05) is 13.2 Å². The Hall–Kier alpha value is -1.00. The average molecular weight is 263 g/mol. The van der Waals surface area contributed by atoms with Gasteiger partial charge >= 0.3 is 0 Å². The fraction of sp³-hybridized carbons (Fsp3) is 0.733. The Labute approximate surface area is 116 Å². The second-order valence-corrected chi connectivity index (χ2v) is 4.97. The lowest BCUT2D eigenvalue weighted by molar-refractivity contribution is 0.0489. The predicted molar refractivity (Wildman–Crippen MR) is 76.1 cm³/mol. The Morgan fingerprint density at radius 1 is 1.26 bits per heavy atom. The van der Waals surface area contributed by atoms with Crippen LogP contribution in [0, 0.1) is 0 Å². The van der Waals surface area contributed by atoms with Crippen molar-refractivity contribution in [2.24, 2.45) is 0 Å². The van der Waals surface area contributed by atoms with Crippen LogP contribution in [-0.4, -0.2) is 23.1 Å². The van der Waals surface area contributed by atoms with Gasteiger partial charge in [-0.15, -0.1) is 0 Å². The van der Waals surface area contributed by atoms with E-state index >= 15 is 0 Å². The number of ether oxygens (including phenoxy) is 1. The molecule has 19 heavy (non-hydrogen) atoms. The second-order valence-electron chi connectivity index (χ2n) is 4.97. The van der Waals surface area contributed by atoms with Gasteiger partial charge in [0.15, 0.2) is 5.82 Å². The molecule has 1 aromatic heterocycles. The van der Waals surface area contributed by atoms with E-state index in [4.69, 9.17) is 14.7 Å². The van der Waals surface area contributed by atoms with Gasteiger partial charge in [0, 0.05) is 37.4 Å². The number of nitrogens with one attached hydrogen (secondary N) is 1. The van der Waals surface area contributed by atoms with Gasteiger partial charge in [0.2, 0.25) is 0 Å². The van der Waals surface area contributed by atoms with E-state index in [1.165, 1.54) is 17.0 Å². The summed E-state index contributed by atoms with van der Waals surface area (Å²) in [5.74, 6) is 0.890. The molecule has 1 N–H and O–H groups in total. The number of fused-ring (bicyclic) bond motifs is 1. The average Bonchev–Trinajstić information content (AvgIpc) is 2.46. The summed E-state index contributed by atoms with van der Waals surface area (Å²) in [7, 11) is 0. The number of nitrogens with zero attached hydrogens (tertiary/aromatic N) is 2. The summed E-state index contributed by atoms with van der Waals surface area (Å²) in [5, 5.41) is 3.40. The summed E-state index contributed by atoms with van der Waals surface area (Å²) in [4.78, 5) is 9.55. The van der Waals surface area contributed by atoms with Gasteiger partial charge < -0.3 is 10.1 Å². The molecule has 0 fully saturated rings. The van der Waals surface area contributed by atoms with Crippen LogP contribution in [0.2, 0.25) is 0 Å². The van der Waals surface area contributed by atoms with E-state index in [0.717, 1.165) is 44.6 Å². The van der Waals surface area contributed by atoms with Gasteiger partial charge in [-0.1, -0.05) is 20.3 Å². The van der Waals surface area contributed by atoms with E-state index in [9.17, 15) is 0 Å². The zero-order valence-corrected chi connectivity index (χ0v) is 12.3. The number of rotatable bonds is 6. The molecule has 0 spiro atoms. The summed E-state index contributed by atoms with van der Waals surface area (Å²) >= 11 is 0. The molecular weight excluding hydrogens is 238 g/mol. The Kier molecular flexibility index (Phi) is 5.28. The largest absolute Gasteiger partial charge is 0.371 e. The predicted octanol–water partition coefficient (Wildman–Crippen LogP) is 2.56. The minimum Gasteiger partial charge on any atom is -0.371 e. The van der Waals surface area contributed by atoms with E-state index in [-0.39, 0.29) is 6.10 Å². The molecule has 0 amide bonds. The third-order valence-electron chi connectivity index (χ3n) is 3.58. The van der Waals surface area contributed by atoms with E-state index in [2.05, 4.69) is 19.2 Å². The van der Waals surface area contributed by atoms with Crippen LogP contribution in [0.1, 0.15) is 62.5 Å². The van der Waals surface area contributed by atoms with Crippen molar-refractivity contribution < 1.29 is 4.74 Å². The zero-order valence-electron chi connectivity index (χ0n) is 12.3. The first-order valence-corrected chi connectivity index (χ1v) is 7.50. The maximum Gasteiger partial charge on any atom is 0.157 e. The summed E-state index contributed by atoms with van der Waals surface area (Å²) < 4.78 is 5.82. The maximum absolute atomic E-state index is 5.82. The normalized spacial score (nSPS) is 16.2. The van der Waals surface area contributed by atoms with Gasteiger partial charge in [0.25, 0.3) is 0 Å². The van der Waals surface area contributed by atoms with Crippen molar-refractivity contribution in [3.05, 3.63) is 22.8 Å². The molecule has 1 unspecified atom stereocenters. The summed E-state index contributed by atoms with van der Waals surface area (Å²) in [6.45, 7) is 9.01. The molecule has 1 aliphatic heterocycles. The molecule has 0 saturated carbocycles. The fourth-order valence-corrected chi connectivity index (χ4v) is 2.62. The quantitative estimate of drug-likeness (QED) is 0.857. The molecule has 4 heteroatoms. The molecule has 0 aliphatic carbocycles. The van der Waals surface area contributed by atoms with Gasteiger partial charge in [-0.3, -0.25) is 0 Å². The molecule has 1 aromatic rings. The first kappa shape index (κ1) is 14.4. The van der Waals surface area contributed by atoms with Crippen molar-refractivity contribution >= 4 is 0 Å². The maximum atomic E-state index is 5.82. The lowest BCUT2D eigenvalue weighted by Gasteiger charge is -2.22. The van der Waals surface area contributed by atoms with Crippen LogP contribution in [0.25, 0.3) is 0 Å². The van der Waals surface area contributed by atoms with Crippen LogP contribution in [0.15, 0.2) is 0 Å². The summed E-state index contributed by atoms with van der Waals surface area (Å²) in [5.41, 5.74) is 3.72. The van der Waals surface area contributed by atoms with E-state index in [1.54, 1.807) is 0 Å². The van der Waals surface area contributed by atoms with E-state index < -0.39 is 0 Å². The monoisotopic (exact) mass is 263 g/mol. The first-order chi connectivity index (χ1) is 9.30. The molecule has 4 nitrogen and oxygen atoms in total. The smallest absolute Gasteiger partial charge is 0.157 e. The molecular formula is C15H25N3O. The van der Waals surface area contributed by atoms with Crippen molar-refractivity contribution in [2.45, 2.75) is 59.1 Å². The Morgan fingerprint density at radius 2 is 2.11 bits per heavy atom. The van der Waals surface area contributed by atoms with Gasteiger partial charge in [-0.05, 0) is 19.8 Å². The van der Waals surface area contributed by atoms with E-state index in [1.807, 2.05) is 6.92 Å². The summed E-state index contributed by atoms with van der Waals surface area (Å²) in [6, 6.07) is 0.